The van der Waals surface area contributed by atoms with E-state index in [0.29, 0.717) is 24.0 Å². The summed E-state index contributed by atoms with van der Waals surface area (Å²) in [5.74, 6) is -13.4. The molecule has 0 spiro atoms. The number of hydrogen-bond donors (Lipinski definition) is 3. The first-order valence-electron chi connectivity index (χ1n) is 13.1. The van der Waals surface area contributed by atoms with Gasteiger partial charge in [0, 0.05) is 25.2 Å². The highest BCUT2D eigenvalue weighted by Gasteiger charge is 2.34. The summed E-state index contributed by atoms with van der Waals surface area (Å²) in [6, 6.07) is 5.82. The number of carboxylic acid groups (broad SMARTS) is 3. The smallest absolute Gasteiger partial charge is 0.317 e. The quantitative estimate of drug-likeness (QED) is 0.128. The zero-order valence-electron chi connectivity index (χ0n) is 22.4. The van der Waals surface area contributed by atoms with Crippen LogP contribution in [0.1, 0.15) is 36.8 Å². The van der Waals surface area contributed by atoms with Crippen molar-refractivity contribution in [2.75, 3.05) is 26.2 Å². The van der Waals surface area contributed by atoms with Gasteiger partial charge in [-0.1, -0.05) is 37.1 Å². The van der Waals surface area contributed by atoms with Crippen molar-refractivity contribution in [2.45, 2.75) is 44.7 Å². The second-order valence-corrected chi connectivity index (χ2v) is 10.1. The molecule has 0 amide bonds. The molecule has 1 fully saturated rings. The van der Waals surface area contributed by atoms with Crippen molar-refractivity contribution < 1.29 is 56.8 Å². The van der Waals surface area contributed by atoms with Gasteiger partial charge in [-0.3, -0.25) is 29.0 Å². The number of aliphatic carboxylic acids is 3. The molecule has 2 atom stereocenters. The van der Waals surface area contributed by atoms with E-state index in [1.807, 2.05) is 0 Å². The largest absolute Gasteiger partial charge is 0.480 e. The minimum atomic E-state index is -1.84. The summed E-state index contributed by atoms with van der Waals surface area (Å²) in [5.41, 5.74) is 0.995. The third-order valence-corrected chi connectivity index (χ3v) is 6.93. The highest BCUT2D eigenvalue weighted by atomic mass is 19.2. The van der Waals surface area contributed by atoms with Gasteiger partial charge in [0.15, 0.2) is 11.6 Å². The predicted octanol–water partition coefficient (Wildman–Crippen LogP) is 3.31. The topological polar surface area (TPSA) is 145 Å². The number of benzene rings is 2. The van der Waals surface area contributed by atoms with E-state index in [1.54, 1.807) is 17.0 Å². The third kappa shape index (κ3) is 9.24. The maximum atomic E-state index is 13.8. The molecule has 1 aliphatic carbocycles. The molecule has 3 N–H and O–H groups in total. The third-order valence-electron chi connectivity index (χ3n) is 6.93. The molecule has 2 aromatic carbocycles. The molecule has 0 radical (unpaired) electrons. The Bertz CT molecular complexity index is 1270. The van der Waals surface area contributed by atoms with Crippen molar-refractivity contribution >= 4 is 23.9 Å². The standard InChI is InChI=1S/C28H30F4N2O8/c29-19-10-20(30)27(32)28(26(19)31)42-25(41)9-16-5-7-17(8-6-16)11-33(13-22(35)36)12-18-3-1-2-4-21(18)34(14-23(37)38)15-24(39)40/h5-8,10,18,21H,1-4,9,11-15H2,(H,35,36)(H,37,38)(H,39,40)/t18?,21-/m1/s1. The van der Waals surface area contributed by atoms with Gasteiger partial charge in [0.25, 0.3) is 0 Å². The van der Waals surface area contributed by atoms with Crippen LogP contribution in [-0.2, 0) is 32.1 Å². The zero-order chi connectivity index (χ0) is 31.0. The molecule has 10 nitrogen and oxygen atoms in total. The summed E-state index contributed by atoms with van der Waals surface area (Å²) >= 11 is 0. The van der Waals surface area contributed by atoms with Crippen LogP contribution in [0, 0.1) is 29.2 Å². The molecule has 42 heavy (non-hydrogen) atoms. The molecule has 228 valence electrons. The molecule has 2 aromatic rings. The Morgan fingerprint density at radius 3 is 1.86 bits per heavy atom. The van der Waals surface area contributed by atoms with Gasteiger partial charge in [-0.2, -0.15) is 8.78 Å². The van der Waals surface area contributed by atoms with Crippen LogP contribution in [0.25, 0.3) is 0 Å². The van der Waals surface area contributed by atoms with E-state index in [2.05, 4.69) is 4.74 Å². The van der Waals surface area contributed by atoms with Crippen molar-refractivity contribution in [1.29, 1.82) is 0 Å². The number of carboxylic acids is 3. The molecule has 1 aliphatic rings. The minimum absolute atomic E-state index is 0.00902. The van der Waals surface area contributed by atoms with E-state index in [1.165, 1.54) is 17.0 Å². The van der Waals surface area contributed by atoms with Crippen molar-refractivity contribution in [2.24, 2.45) is 5.92 Å². The van der Waals surface area contributed by atoms with Gasteiger partial charge in [0.1, 0.15) is 0 Å². The van der Waals surface area contributed by atoms with E-state index < -0.39 is 72.4 Å². The number of nitrogens with zero attached hydrogens (tertiary/aromatic N) is 2. The van der Waals surface area contributed by atoms with Gasteiger partial charge in [0.2, 0.25) is 17.4 Å². The summed E-state index contributed by atoms with van der Waals surface area (Å²) in [6.45, 7) is -0.816. The number of rotatable bonds is 14. The lowest BCUT2D eigenvalue weighted by Gasteiger charge is -2.40. The Morgan fingerprint density at radius 2 is 1.31 bits per heavy atom. The normalized spacial score (nSPS) is 16.9. The van der Waals surface area contributed by atoms with Crippen LogP contribution in [0.3, 0.4) is 0 Å². The monoisotopic (exact) mass is 598 g/mol. The van der Waals surface area contributed by atoms with Crippen LogP contribution in [0.2, 0.25) is 0 Å². The van der Waals surface area contributed by atoms with Gasteiger partial charge >= 0.3 is 23.9 Å². The van der Waals surface area contributed by atoms with Crippen molar-refractivity contribution in [1.82, 2.24) is 9.80 Å². The maximum absolute atomic E-state index is 13.8. The van der Waals surface area contributed by atoms with Crippen LogP contribution >= 0.6 is 0 Å². The van der Waals surface area contributed by atoms with Crippen molar-refractivity contribution in [3.8, 4) is 5.75 Å². The first-order valence-corrected chi connectivity index (χ1v) is 13.1. The number of carbonyl (C=O) groups is 4. The molecule has 1 unspecified atom stereocenters. The van der Waals surface area contributed by atoms with Gasteiger partial charge < -0.3 is 20.1 Å². The van der Waals surface area contributed by atoms with Gasteiger partial charge in [-0.15, -0.1) is 0 Å². The highest BCUT2D eigenvalue weighted by Crippen LogP contribution is 2.30. The lowest BCUT2D eigenvalue weighted by Crippen LogP contribution is -2.50. The highest BCUT2D eigenvalue weighted by molar-refractivity contribution is 5.75. The summed E-state index contributed by atoms with van der Waals surface area (Å²) in [4.78, 5) is 49.6. The molecule has 14 heteroatoms. The first kappa shape index (κ1) is 32.5. The van der Waals surface area contributed by atoms with Crippen LogP contribution < -0.4 is 4.74 Å². The summed E-state index contributed by atoms with van der Waals surface area (Å²) in [7, 11) is 0. The fraction of sp³-hybridized carbons (Fsp3) is 0.429. The number of esters is 1. The van der Waals surface area contributed by atoms with Crippen LogP contribution in [0.15, 0.2) is 30.3 Å². The first-order chi connectivity index (χ1) is 19.8. The fourth-order valence-electron chi connectivity index (χ4n) is 5.21. The summed E-state index contributed by atoms with van der Waals surface area (Å²) < 4.78 is 58.9. The van der Waals surface area contributed by atoms with E-state index >= 15 is 0 Å². The molecular weight excluding hydrogens is 568 g/mol. The SMILES string of the molecule is O=C(O)CN(Cc1ccc(CC(=O)Oc2c(F)c(F)cc(F)c2F)cc1)CC1CCCC[C@H]1N(CC(=O)O)CC(=O)O. The Labute approximate surface area is 238 Å². The van der Waals surface area contributed by atoms with Crippen LogP contribution in [0.4, 0.5) is 17.6 Å². The second kappa shape index (κ2) is 14.7. The molecule has 0 aromatic heterocycles. The number of carbonyl (C=O) groups excluding carboxylic acids is 1. The molecule has 0 bridgehead atoms. The van der Waals surface area contributed by atoms with Gasteiger partial charge in [-0.05, 0) is 29.9 Å². The van der Waals surface area contributed by atoms with Crippen LogP contribution in [-0.4, -0.2) is 81.2 Å². The average Bonchev–Trinajstić information content (AvgIpc) is 2.90. The Balaban J connectivity index is 1.69. The average molecular weight is 599 g/mol. The number of halogens is 4. The number of ether oxygens (including phenoxy) is 1. The molecule has 0 aliphatic heterocycles. The van der Waals surface area contributed by atoms with E-state index in [9.17, 15) is 52.1 Å². The number of hydrogen-bond acceptors (Lipinski definition) is 7. The Hall–Kier alpha value is -4.04. The summed E-state index contributed by atoms with van der Waals surface area (Å²) in [5, 5.41) is 28.1. The van der Waals surface area contributed by atoms with Crippen molar-refractivity contribution in [3.63, 3.8) is 0 Å². The lowest BCUT2D eigenvalue weighted by molar-refractivity contribution is -0.144. The fourth-order valence-corrected chi connectivity index (χ4v) is 5.21. The Kier molecular flexibility index (Phi) is 11.4. The molecule has 0 saturated heterocycles. The molecule has 0 heterocycles. The van der Waals surface area contributed by atoms with Crippen LogP contribution in [0.5, 0.6) is 5.75 Å². The molecule has 1 saturated carbocycles. The molecule has 3 rings (SSSR count). The Morgan fingerprint density at radius 1 is 0.786 bits per heavy atom. The van der Waals surface area contributed by atoms with E-state index in [0.717, 1.165) is 12.8 Å². The van der Waals surface area contributed by atoms with Crippen molar-refractivity contribution in [3.05, 3.63) is 64.7 Å². The lowest BCUT2D eigenvalue weighted by atomic mass is 9.83. The zero-order valence-corrected chi connectivity index (χ0v) is 22.4. The van der Waals surface area contributed by atoms with Gasteiger partial charge in [0.05, 0.1) is 26.1 Å². The van der Waals surface area contributed by atoms with E-state index in [-0.39, 0.29) is 37.7 Å². The molecular formula is C28H30F4N2O8. The van der Waals surface area contributed by atoms with Gasteiger partial charge in [-0.25, -0.2) is 8.78 Å². The second-order valence-electron chi connectivity index (χ2n) is 10.1. The van der Waals surface area contributed by atoms with E-state index in [4.69, 9.17) is 0 Å². The predicted molar refractivity (Wildman–Crippen MR) is 138 cm³/mol. The summed E-state index contributed by atoms with van der Waals surface area (Å²) in [6.07, 6.45) is 2.37. The maximum Gasteiger partial charge on any atom is 0.317 e. The minimum Gasteiger partial charge on any atom is -0.480 e.